The molecule has 3 amide bonds. The third-order valence-electron chi connectivity index (χ3n) is 13.4. The van der Waals surface area contributed by atoms with E-state index in [0.29, 0.717) is 37.7 Å². The van der Waals surface area contributed by atoms with Crippen LogP contribution in [0.2, 0.25) is 0 Å². The first-order valence-corrected chi connectivity index (χ1v) is 20.7. The van der Waals surface area contributed by atoms with Crippen LogP contribution in [0.3, 0.4) is 0 Å². The number of hydrogen-bond acceptors (Lipinski definition) is 10. The Morgan fingerprint density at radius 3 is 2.40 bits per heavy atom. The Balaban J connectivity index is 0.760. The number of imide groups is 1. The van der Waals surface area contributed by atoms with E-state index in [1.807, 2.05) is 30.3 Å². The highest BCUT2D eigenvalue weighted by molar-refractivity contribution is 6.06. The SMILES string of the molecule is COc1ccc([C@@H]2COc3cc(O)ccc3[C@@H]2c2ccc(N3CCC(CN4CCN5c6ccc7c(c6OC[C@@H]5C4)CN(C4CCC(=O)NC4=O)C7=O)CC3)cc2)cc1. The van der Waals surface area contributed by atoms with E-state index in [1.165, 1.54) is 16.8 Å². The number of piperidine rings is 2. The molecule has 0 radical (unpaired) electrons. The zero-order valence-electron chi connectivity index (χ0n) is 32.8. The molecule has 0 bridgehead atoms. The number of fused-ring (bicyclic) bond motifs is 6. The highest BCUT2D eigenvalue weighted by Crippen LogP contribution is 2.48. The van der Waals surface area contributed by atoms with Crippen LogP contribution in [-0.4, -0.2) is 104 Å². The van der Waals surface area contributed by atoms with Gasteiger partial charge in [0.15, 0.2) is 0 Å². The topological polar surface area (TPSA) is 124 Å². The van der Waals surface area contributed by atoms with E-state index in [0.717, 1.165) is 86.2 Å². The van der Waals surface area contributed by atoms with E-state index < -0.39 is 11.9 Å². The predicted octanol–water partition coefficient (Wildman–Crippen LogP) is 5.27. The number of piperazine rings is 1. The molecule has 0 aromatic heterocycles. The zero-order valence-corrected chi connectivity index (χ0v) is 32.8. The lowest BCUT2D eigenvalue weighted by Crippen LogP contribution is -2.58. The van der Waals surface area contributed by atoms with Crippen LogP contribution in [0.4, 0.5) is 11.4 Å². The summed E-state index contributed by atoms with van der Waals surface area (Å²) in [7, 11) is 1.68. The van der Waals surface area contributed by atoms with E-state index in [1.54, 1.807) is 24.1 Å². The van der Waals surface area contributed by atoms with Crippen molar-refractivity contribution in [3.63, 3.8) is 0 Å². The van der Waals surface area contributed by atoms with E-state index >= 15 is 0 Å². The Bertz CT molecular complexity index is 2240. The van der Waals surface area contributed by atoms with Gasteiger partial charge in [0.1, 0.15) is 35.6 Å². The molecule has 3 fully saturated rings. The molecule has 12 nitrogen and oxygen atoms in total. The summed E-state index contributed by atoms with van der Waals surface area (Å²) in [6, 6.07) is 26.3. The average molecular weight is 784 g/mol. The third-order valence-corrected chi connectivity index (χ3v) is 13.4. The van der Waals surface area contributed by atoms with Gasteiger partial charge in [0.25, 0.3) is 5.91 Å². The van der Waals surface area contributed by atoms with Crippen molar-refractivity contribution in [2.24, 2.45) is 5.92 Å². The first-order valence-electron chi connectivity index (χ1n) is 20.7. The predicted molar refractivity (Wildman–Crippen MR) is 218 cm³/mol. The van der Waals surface area contributed by atoms with Crippen LogP contribution in [0, 0.1) is 5.92 Å². The van der Waals surface area contributed by atoms with Crippen molar-refractivity contribution in [1.82, 2.24) is 15.1 Å². The number of amides is 3. The van der Waals surface area contributed by atoms with Crippen molar-refractivity contribution in [2.75, 3.05) is 69.4 Å². The van der Waals surface area contributed by atoms with Gasteiger partial charge in [-0.2, -0.15) is 0 Å². The minimum Gasteiger partial charge on any atom is -0.508 e. The number of phenols is 1. The van der Waals surface area contributed by atoms with E-state index in [9.17, 15) is 19.5 Å². The van der Waals surface area contributed by atoms with Gasteiger partial charge in [0.05, 0.1) is 32.0 Å². The highest BCUT2D eigenvalue weighted by atomic mass is 16.5. The number of aromatic hydroxyl groups is 1. The van der Waals surface area contributed by atoms with Gasteiger partial charge in [0.2, 0.25) is 11.8 Å². The minimum atomic E-state index is -0.640. The highest BCUT2D eigenvalue weighted by Gasteiger charge is 2.43. The molecular formula is C46H49N5O7. The van der Waals surface area contributed by atoms with Gasteiger partial charge in [-0.3, -0.25) is 24.6 Å². The summed E-state index contributed by atoms with van der Waals surface area (Å²) in [6.45, 7) is 7.34. The molecule has 10 rings (SSSR count). The van der Waals surface area contributed by atoms with Gasteiger partial charge in [-0.25, -0.2) is 0 Å². The Hall–Kier alpha value is -5.75. The number of anilines is 2. The number of carbonyl (C=O) groups excluding carboxylic acids is 3. The van der Waals surface area contributed by atoms with Crippen LogP contribution in [0.1, 0.15) is 70.1 Å². The normalized spacial score (nSPS) is 24.6. The molecule has 300 valence electrons. The van der Waals surface area contributed by atoms with E-state index in [4.69, 9.17) is 14.2 Å². The number of nitrogens with zero attached hydrogens (tertiary/aromatic N) is 4. The first-order chi connectivity index (χ1) is 28.3. The summed E-state index contributed by atoms with van der Waals surface area (Å²) < 4.78 is 18.1. The minimum absolute atomic E-state index is 0.0846. The molecule has 0 aliphatic carbocycles. The molecule has 4 aromatic carbocycles. The van der Waals surface area contributed by atoms with Crippen molar-refractivity contribution >= 4 is 29.1 Å². The maximum atomic E-state index is 13.4. The lowest BCUT2D eigenvalue weighted by Gasteiger charge is -2.47. The van der Waals surface area contributed by atoms with Gasteiger partial charge in [-0.05, 0) is 78.8 Å². The standard InChI is InChI=1S/C46H49N5O7/c1-56-34-9-4-29(5-10-34)38-27-57-41-22-33(52)8-11-36(41)43(38)30-2-6-31(7-3-30)49-18-16-28(17-19-49)23-48-20-21-50-32(24-48)26-58-44-37-25-51(40-14-15-42(53)47-45(40)54)46(55)35(37)12-13-39(44)50/h2-13,22,28,32,38,40,43,52H,14-21,23-27H2,1H3,(H,47,53,54)/t32-,38-,40?,43-/m0/s1. The summed E-state index contributed by atoms with van der Waals surface area (Å²) in [4.78, 5) is 46.9. The number of hydrogen-bond donors (Lipinski definition) is 2. The fourth-order valence-electron chi connectivity index (χ4n) is 10.3. The van der Waals surface area contributed by atoms with Crippen molar-refractivity contribution in [3.05, 3.63) is 107 Å². The second-order valence-electron chi connectivity index (χ2n) is 16.7. The number of nitrogens with one attached hydrogen (secondary N) is 1. The Morgan fingerprint density at radius 1 is 0.828 bits per heavy atom. The Kier molecular flexibility index (Phi) is 9.39. The van der Waals surface area contributed by atoms with Crippen molar-refractivity contribution < 1.29 is 33.7 Å². The number of rotatable bonds is 7. The van der Waals surface area contributed by atoms with Gasteiger partial charge in [-0.1, -0.05) is 30.3 Å². The maximum absolute atomic E-state index is 13.4. The molecule has 3 saturated heterocycles. The number of phenolic OH excluding ortho intramolecular Hbond substituents is 1. The number of ether oxygens (including phenoxy) is 3. The molecule has 6 aliphatic rings. The molecule has 2 N–H and O–H groups in total. The molecule has 4 atom stereocenters. The van der Waals surface area contributed by atoms with Gasteiger partial charge < -0.3 is 34.0 Å². The van der Waals surface area contributed by atoms with E-state index in [2.05, 4.69) is 56.4 Å². The van der Waals surface area contributed by atoms with Gasteiger partial charge in [0, 0.05) is 86.0 Å². The molecule has 6 heterocycles. The fraction of sp³-hybridized carbons (Fsp3) is 0.413. The molecule has 1 unspecified atom stereocenters. The van der Waals surface area contributed by atoms with E-state index in [-0.39, 0.29) is 41.9 Å². The Labute approximate surface area is 338 Å². The monoisotopic (exact) mass is 783 g/mol. The van der Waals surface area contributed by atoms with Crippen molar-refractivity contribution in [2.45, 2.75) is 56.1 Å². The summed E-state index contributed by atoms with van der Waals surface area (Å²) in [5, 5.41) is 12.6. The maximum Gasteiger partial charge on any atom is 0.255 e. The fourth-order valence-corrected chi connectivity index (χ4v) is 10.3. The van der Waals surface area contributed by atoms with Crippen LogP contribution in [0.25, 0.3) is 0 Å². The molecule has 58 heavy (non-hydrogen) atoms. The molecule has 0 spiro atoms. The van der Waals surface area contributed by atoms with Gasteiger partial charge in [-0.15, -0.1) is 0 Å². The van der Waals surface area contributed by atoms with Crippen LogP contribution in [0.15, 0.2) is 78.9 Å². The summed E-state index contributed by atoms with van der Waals surface area (Å²) in [5.74, 6) is 2.52. The molecular weight excluding hydrogens is 735 g/mol. The molecule has 6 aliphatic heterocycles. The molecule has 4 aromatic rings. The van der Waals surface area contributed by atoms with Crippen LogP contribution in [-0.2, 0) is 16.1 Å². The molecule has 12 heteroatoms. The lowest BCUT2D eigenvalue weighted by atomic mass is 9.76. The van der Waals surface area contributed by atoms with Gasteiger partial charge >= 0.3 is 0 Å². The lowest BCUT2D eigenvalue weighted by molar-refractivity contribution is -0.136. The molecule has 0 saturated carbocycles. The third kappa shape index (κ3) is 6.57. The van der Waals surface area contributed by atoms with Crippen molar-refractivity contribution in [1.29, 1.82) is 0 Å². The van der Waals surface area contributed by atoms with Crippen molar-refractivity contribution in [3.8, 4) is 23.0 Å². The second-order valence-corrected chi connectivity index (χ2v) is 16.7. The Morgan fingerprint density at radius 2 is 1.62 bits per heavy atom. The second kappa shape index (κ2) is 14.9. The quantitative estimate of drug-likeness (QED) is 0.240. The average Bonchev–Trinajstić information content (AvgIpc) is 3.59. The smallest absolute Gasteiger partial charge is 0.255 e. The number of methoxy groups -OCH3 is 1. The first kappa shape index (κ1) is 36.6. The number of carbonyl (C=O) groups is 3. The largest absolute Gasteiger partial charge is 0.508 e. The van der Waals surface area contributed by atoms with Crippen LogP contribution in [0.5, 0.6) is 23.0 Å². The van der Waals surface area contributed by atoms with Crippen LogP contribution < -0.4 is 29.3 Å². The summed E-state index contributed by atoms with van der Waals surface area (Å²) in [6.07, 6.45) is 2.87. The summed E-state index contributed by atoms with van der Waals surface area (Å²) >= 11 is 0. The number of benzene rings is 4. The zero-order chi connectivity index (χ0) is 39.5. The summed E-state index contributed by atoms with van der Waals surface area (Å²) in [5.41, 5.74) is 7.23. The van der Waals surface area contributed by atoms with Crippen LogP contribution >= 0.6 is 0 Å².